The molecule has 1 radical (unpaired) electrons. The molecule has 0 fully saturated rings. The molecular formula is C48H52N4SY-2. The molecule has 2 unspecified atom stereocenters. The van der Waals surface area contributed by atoms with E-state index in [-0.39, 0.29) is 38.9 Å². The van der Waals surface area contributed by atoms with Crippen molar-refractivity contribution < 1.29 is 32.7 Å². The van der Waals surface area contributed by atoms with Crippen LogP contribution in [0.4, 0.5) is 11.4 Å². The molecule has 0 aromatic heterocycles. The summed E-state index contributed by atoms with van der Waals surface area (Å²) in [6.45, 7) is 20.9. The number of amidine groups is 1. The molecule has 1 heterocycles. The Hall–Kier alpha value is -4.00. The molecule has 2 aliphatic carbocycles. The Morgan fingerprint density at radius 1 is 1.07 bits per heavy atom. The molecule has 54 heavy (non-hydrogen) atoms. The maximum Gasteiger partial charge on any atom is 0.130 e. The minimum atomic E-state index is -0.372. The van der Waals surface area contributed by atoms with Crippen LogP contribution in [0, 0.1) is 12.6 Å². The van der Waals surface area contributed by atoms with Crippen molar-refractivity contribution in [3.8, 4) is 0 Å². The number of hydrogen-bond acceptors (Lipinski definition) is 4. The third kappa shape index (κ3) is 11.0. The van der Waals surface area contributed by atoms with Gasteiger partial charge in [0.1, 0.15) is 5.84 Å². The molecule has 4 N–H and O–H groups in total. The van der Waals surface area contributed by atoms with Crippen LogP contribution in [0.15, 0.2) is 155 Å². The molecule has 275 valence electrons. The fraction of sp³-hybridized carbons (Fsp3) is 0.229. The number of nitrogens with zero attached hydrogens (tertiary/aromatic N) is 1. The minimum absolute atomic E-state index is 0. The predicted octanol–water partition coefficient (Wildman–Crippen LogP) is 12.3. The van der Waals surface area contributed by atoms with Crippen LogP contribution >= 0.6 is 11.8 Å². The van der Waals surface area contributed by atoms with Crippen molar-refractivity contribution >= 4 is 40.1 Å². The van der Waals surface area contributed by atoms with E-state index in [1.54, 1.807) is 6.08 Å². The maximum absolute atomic E-state index is 6.83. The summed E-state index contributed by atoms with van der Waals surface area (Å²) in [5.41, 5.74) is 17.0. The Balaban J connectivity index is 0.00000213. The summed E-state index contributed by atoms with van der Waals surface area (Å²) in [7, 11) is 0. The molecule has 2 atom stereocenters. The second-order valence-corrected chi connectivity index (χ2v) is 14.0. The van der Waals surface area contributed by atoms with Gasteiger partial charge in [-0.15, -0.1) is 42.0 Å². The summed E-state index contributed by atoms with van der Waals surface area (Å²) in [6.07, 6.45) is 27.1. The van der Waals surface area contributed by atoms with Gasteiger partial charge < -0.3 is 16.4 Å². The van der Waals surface area contributed by atoms with Crippen molar-refractivity contribution in [2.45, 2.75) is 76.4 Å². The predicted molar refractivity (Wildman–Crippen MR) is 231 cm³/mol. The van der Waals surface area contributed by atoms with Gasteiger partial charge in [-0.05, 0) is 64.6 Å². The van der Waals surface area contributed by atoms with Crippen LogP contribution in [0.2, 0.25) is 0 Å². The van der Waals surface area contributed by atoms with Crippen molar-refractivity contribution in [3.05, 3.63) is 186 Å². The Labute approximate surface area is 353 Å². The topological polar surface area (TPSA) is 62.4 Å². The van der Waals surface area contributed by atoms with E-state index in [2.05, 4.69) is 122 Å². The summed E-state index contributed by atoms with van der Waals surface area (Å²) in [5, 5.41) is 7.29. The van der Waals surface area contributed by atoms with Crippen LogP contribution in [0.5, 0.6) is 0 Å². The molecular weight excluding hydrogens is 754 g/mol. The summed E-state index contributed by atoms with van der Waals surface area (Å²) < 4.78 is 0. The first-order valence-electron chi connectivity index (χ1n) is 18.7. The van der Waals surface area contributed by atoms with Crippen LogP contribution in [0.25, 0.3) is 11.1 Å². The number of allylic oxidation sites excluding steroid dienone is 14. The fourth-order valence-electron chi connectivity index (χ4n) is 6.45. The van der Waals surface area contributed by atoms with Gasteiger partial charge in [0.05, 0.1) is 12.7 Å². The van der Waals surface area contributed by atoms with Gasteiger partial charge in [0.2, 0.25) is 0 Å². The molecule has 6 heteroatoms. The van der Waals surface area contributed by atoms with E-state index in [4.69, 9.17) is 17.3 Å². The first kappa shape index (κ1) is 42.7. The summed E-state index contributed by atoms with van der Waals surface area (Å²) >= 11 is 1.89. The van der Waals surface area contributed by atoms with Crippen LogP contribution in [-0.4, -0.2) is 12.0 Å². The van der Waals surface area contributed by atoms with Gasteiger partial charge in [-0.1, -0.05) is 124 Å². The molecule has 6 rings (SSSR count). The first-order valence-corrected chi connectivity index (χ1v) is 19.5. The largest absolute Gasteiger partial charge is 0.372 e. The van der Waals surface area contributed by atoms with Gasteiger partial charge in [0.15, 0.2) is 0 Å². The molecule has 3 aliphatic rings. The minimum Gasteiger partial charge on any atom is -0.372 e. The second kappa shape index (κ2) is 21.8. The van der Waals surface area contributed by atoms with E-state index in [0.717, 1.165) is 82.7 Å². The number of anilines is 2. The zero-order chi connectivity index (χ0) is 37.6. The van der Waals surface area contributed by atoms with Crippen molar-refractivity contribution in [1.82, 2.24) is 5.32 Å². The Kier molecular flexibility index (Phi) is 17.2. The Morgan fingerprint density at radius 3 is 2.69 bits per heavy atom. The van der Waals surface area contributed by atoms with Crippen molar-refractivity contribution in [2.75, 3.05) is 5.32 Å². The molecule has 0 amide bonds. The number of hydrogen-bond donors (Lipinski definition) is 3. The van der Waals surface area contributed by atoms with Crippen LogP contribution in [0.1, 0.15) is 86.6 Å². The number of aliphatic imine (C=N–C) groups is 1. The molecule has 3 aromatic rings. The normalized spacial score (nSPS) is 16.3. The second-order valence-electron chi connectivity index (χ2n) is 12.9. The number of nitrogens with one attached hydrogen (secondary N) is 2. The van der Waals surface area contributed by atoms with Crippen LogP contribution < -0.4 is 16.4 Å². The van der Waals surface area contributed by atoms with Gasteiger partial charge in [-0.25, -0.2) is 12.2 Å². The number of fused-ring (bicyclic) bond motifs is 3. The molecule has 1 aliphatic heterocycles. The zero-order valence-corrected chi connectivity index (χ0v) is 35.6. The van der Waals surface area contributed by atoms with E-state index in [9.17, 15) is 0 Å². The summed E-state index contributed by atoms with van der Waals surface area (Å²) in [4.78, 5) is 8.02. The van der Waals surface area contributed by atoms with E-state index in [1.165, 1.54) is 27.0 Å². The maximum atomic E-state index is 6.83. The van der Waals surface area contributed by atoms with Crippen LogP contribution in [-0.2, 0) is 39.3 Å². The number of nitrogens with two attached hydrogens (primary N) is 1. The average Bonchev–Trinajstić information content (AvgIpc) is 3.59. The molecule has 0 saturated carbocycles. The van der Waals surface area contributed by atoms with Crippen molar-refractivity contribution in [2.24, 2.45) is 10.7 Å². The Morgan fingerprint density at radius 2 is 1.91 bits per heavy atom. The van der Waals surface area contributed by atoms with Gasteiger partial charge in [-0.3, -0.25) is 11.6 Å². The van der Waals surface area contributed by atoms with E-state index in [0.29, 0.717) is 12.5 Å². The Bertz CT molecular complexity index is 2030. The third-order valence-electron chi connectivity index (χ3n) is 9.23. The number of unbranched alkanes of at least 4 members (excludes halogenated alkanes) is 1. The number of thioether (sulfide) groups is 1. The fourth-order valence-corrected chi connectivity index (χ4v) is 7.79. The zero-order valence-electron chi connectivity index (χ0n) is 31.9. The van der Waals surface area contributed by atoms with Gasteiger partial charge in [-0.2, -0.15) is 6.08 Å². The molecule has 0 bridgehead atoms. The quantitative estimate of drug-likeness (QED) is 0.0499. The van der Waals surface area contributed by atoms with Crippen molar-refractivity contribution in [1.29, 1.82) is 0 Å². The van der Waals surface area contributed by atoms with Gasteiger partial charge in [0, 0.05) is 60.3 Å². The monoisotopic (exact) mass is 805 g/mol. The third-order valence-corrected chi connectivity index (χ3v) is 10.6. The van der Waals surface area contributed by atoms with Gasteiger partial charge in [0.25, 0.3) is 0 Å². The molecule has 0 spiro atoms. The summed E-state index contributed by atoms with van der Waals surface area (Å²) in [6, 6.07) is 22.3. The smallest absolute Gasteiger partial charge is 0.130 e. The number of rotatable bonds is 14. The standard InChI is InChI=1S/C46H46N4S.C2H6.Y/c1-5-7-10-18-33(4)39-28-27-36(30-42(39)49-38-23-15-21-35(29-38)32(3)17-8-6-2)46(50-45(47)34-19-11-9-12-20-34)48-31-37-22-16-25-41-40-24-13-14-26-43(40)51-44(37)41;1-2;/h2,6,8-11,13-19,22-23,25-30,40,45,49H,3-5,7,12,20,24,31,47H2,1H3,(H,48,50);1-2H3;/q-2;;/b17-8-,18-10-;;. The van der Waals surface area contributed by atoms with E-state index < -0.39 is 0 Å². The summed E-state index contributed by atoms with van der Waals surface area (Å²) in [5.74, 6) is 1.19. The van der Waals surface area contributed by atoms with Gasteiger partial charge >= 0.3 is 0 Å². The van der Waals surface area contributed by atoms with E-state index >= 15 is 0 Å². The average molecular weight is 806 g/mol. The molecule has 0 saturated heterocycles. The molecule has 3 aromatic carbocycles. The van der Waals surface area contributed by atoms with E-state index in [1.807, 2.05) is 49.9 Å². The van der Waals surface area contributed by atoms with Crippen LogP contribution in [0.3, 0.4) is 0 Å². The number of benzene rings is 3. The van der Waals surface area contributed by atoms with Crippen molar-refractivity contribution in [3.63, 3.8) is 0 Å². The first-order chi connectivity index (χ1) is 25.9. The SMILES string of the molecule is CC.[CH-]=C/C=C\C(=C)c1[c-]ccc(Nc2cc(C(=NCc3cccc4c3SC3=CC=CCC34)NC(N)C3=CC=CCC3)ccc2C(=C)/C=C\CCC)c1.[Y]. The molecule has 4 nitrogen and oxygen atoms in total.